The number of phenols is 1. The van der Waals surface area contributed by atoms with Gasteiger partial charge in [-0.05, 0) is 37.9 Å². The lowest BCUT2D eigenvalue weighted by Crippen LogP contribution is -2.33. The second-order valence-electron chi connectivity index (χ2n) is 6.76. The van der Waals surface area contributed by atoms with Gasteiger partial charge in [-0.15, -0.1) is 0 Å². The Morgan fingerprint density at radius 1 is 1.29 bits per heavy atom. The normalized spacial score (nSPS) is 18.6. The van der Waals surface area contributed by atoms with Crippen LogP contribution in [0.4, 0.5) is 0 Å². The molecule has 1 amide bonds. The van der Waals surface area contributed by atoms with Crippen molar-refractivity contribution in [3.63, 3.8) is 0 Å². The SMILES string of the molecule is CCCCC1CCN(Cc2ccc3c(c2O)ONC(=O)C=C3)CC1. The molecular weight excluding hydrogens is 304 g/mol. The highest BCUT2D eigenvalue weighted by Crippen LogP contribution is 2.36. The van der Waals surface area contributed by atoms with Crippen LogP contribution >= 0.6 is 0 Å². The van der Waals surface area contributed by atoms with Gasteiger partial charge in [0, 0.05) is 23.7 Å². The Kier molecular flexibility index (Phi) is 5.41. The van der Waals surface area contributed by atoms with Crippen LogP contribution in [0, 0.1) is 5.92 Å². The number of carbonyl (C=O) groups excluding carboxylic acids is 1. The minimum atomic E-state index is -0.332. The van der Waals surface area contributed by atoms with Crippen molar-refractivity contribution < 1.29 is 14.7 Å². The summed E-state index contributed by atoms with van der Waals surface area (Å²) in [7, 11) is 0. The third kappa shape index (κ3) is 3.90. The molecule has 2 N–H and O–H groups in total. The van der Waals surface area contributed by atoms with Crippen LogP contribution in [0.5, 0.6) is 11.5 Å². The maximum Gasteiger partial charge on any atom is 0.276 e. The molecule has 1 aromatic carbocycles. The van der Waals surface area contributed by atoms with E-state index in [1.165, 1.54) is 38.2 Å². The molecule has 130 valence electrons. The van der Waals surface area contributed by atoms with Gasteiger partial charge in [0.1, 0.15) is 0 Å². The molecule has 5 heteroatoms. The largest absolute Gasteiger partial charge is 0.504 e. The van der Waals surface area contributed by atoms with Crippen LogP contribution in [0.3, 0.4) is 0 Å². The van der Waals surface area contributed by atoms with E-state index < -0.39 is 0 Å². The number of rotatable bonds is 5. The van der Waals surface area contributed by atoms with Gasteiger partial charge in [-0.1, -0.05) is 38.3 Å². The van der Waals surface area contributed by atoms with Gasteiger partial charge in [0.25, 0.3) is 5.91 Å². The molecule has 1 saturated heterocycles. The lowest BCUT2D eigenvalue weighted by atomic mass is 9.91. The number of likely N-dealkylation sites (tertiary alicyclic amines) is 1. The highest BCUT2D eigenvalue weighted by molar-refractivity contribution is 5.92. The quantitative estimate of drug-likeness (QED) is 0.870. The summed E-state index contributed by atoms with van der Waals surface area (Å²) in [5.74, 6) is 0.965. The van der Waals surface area contributed by atoms with Crippen LogP contribution < -0.4 is 10.3 Å². The number of phenolic OH excluding ortho intramolecular Hbond substituents is 1. The first-order chi connectivity index (χ1) is 11.7. The number of fused-ring (bicyclic) bond motifs is 1. The summed E-state index contributed by atoms with van der Waals surface area (Å²) in [6, 6.07) is 3.80. The van der Waals surface area contributed by atoms with Crippen molar-refractivity contribution in [3.8, 4) is 11.5 Å². The molecule has 0 aliphatic carbocycles. The van der Waals surface area contributed by atoms with Crippen LogP contribution in [-0.2, 0) is 11.3 Å². The highest BCUT2D eigenvalue weighted by Gasteiger charge is 2.22. The molecule has 0 saturated carbocycles. The number of nitrogens with zero attached hydrogens (tertiary/aromatic N) is 1. The number of benzene rings is 1. The smallest absolute Gasteiger partial charge is 0.276 e. The van der Waals surface area contributed by atoms with Gasteiger partial charge >= 0.3 is 0 Å². The lowest BCUT2D eigenvalue weighted by molar-refractivity contribution is -0.122. The number of carbonyl (C=O) groups is 1. The third-order valence-corrected chi connectivity index (χ3v) is 4.98. The molecule has 0 bridgehead atoms. The fourth-order valence-electron chi connectivity index (χ4n) is 3.46. The van der Waals surface area contributed by atoms with E-state index in [-0.39, 0.29) is 11.7 Å². The van der Waals surface area contributed by atoms with E-state index in [4.69, 9.17) is 4.84 Å². The number of hydrogen-bond acceptors (Lipinski definition) is 4. The molecule has 0 radical (unpaired) electrons. The zero-order valence-electron chi connectivity index (χ0n) is 14.3. The second-order valence-corrected chi connectivity index (χ2v) is 6.76. The predicted octanol–water partition coefficient (Wildman–Crippen LogP) is 3.23. The van der Waals surface area contributed by atoms with E-state index >= 15 is 0 Å². The van der Waals surface area contributed by atoms with Gasteiger partial charge < -0.3 is 9.94 Å². The van der Waals surface area contributed by atoms with Crippen LogP contribution in [0.15, 0.2) is 18.2 Å². The van der Waals surface area contributed by atoms with Crippen LogP contribution in [0.1, 0.15) is 50.2 Å². The summed E-state index contributed by atoms with van der Waals surface area (Å²) < 4.78 is 0. The molecule has 0 atom stereocenters. The fraction of sp³-hybridized carbons (Fsp3) is 0.526. The zero-order valence-corrected chi connectivity index (χ0v) is 14.3. The molecule has 2 heterocycles. The van der Waals surface area contributed by atoms with Crippen molar-refractivity contribution in [3.05, 3.63) is 29.3 Å². The molecule has 1 aromatic rings. The molecule has 2 aliphatic heterocycles. The van der Waals surface area contributed by atoms with Crippen molar-refractivity contribution in [1.82, 2.24) is 10.4 Å². The van der Waals surface area contributed by atoms with Gasteiger partial charge in [0.15, 0.2) is 5.75 Å². The summed E-state index contributed by atoms with van der Waals surface area (Å²) >= 11 is 0. The number of hydrogen-bond donors (Lipinski definition) is 2. The first-order valence-electron chi connectivity index (χ1n) is 8.89. The summed E-state index contributed by atoms with van der Waals surface area (Å²) in [6.07, 6.45) is 9.46. The Labute approximate surface area is 143 Å². The highest BCUT2D eigenvalue weighted by atomic mass is 16.7. The van der Waals surface area contributed by atoms with Crippen molar-refractivity contribution in [2.24, 2.45) is 5.92 Å². The first-order valence-corrected chi connectivity index (χ1v) is 8.89. The Morgan fingerprint density at radius 3 is 2.83 bits per heavy atom. The minimum Gasteiger partial charge on any atom is -0.504 e. The van der Waals surface area contributed by atoms with E-state index in [0.29, 0.717) is 17.9 Å². The van der Waals surface area contributed by atoms with Crippen LogP contribution in [0.2, 0.25) is 0 Å². The van der Waals surface area contributed by atoms with Crippen molar-refractivity contribution in [2.75, 3.05) is 13.1 Å². The molecule has 5 nitrogen and oxygen atoms in total. The Hall–Kier alpha value is -2.01. The molecule has 0 unspecified atom stereocenters. The van der Waals surface area contributed by atoms with Crippen LogP contribution in [0.25, 0.3) is 6.08 Å². The van der Waals surface area contributed by atoms with Gasteiger partial charge in [0.05, 0.1) is 0 Å². The van der Waals surface area contributed by atoms with Crippen molar-refractivity contribution in [2.45, 2.75) is 45.6 Å². The predicted molar refractivity (Wildman–Crippen MR) is 93.4 cm³/mol. The van der Waals surface area contributed by atoms with Gasteiger partial charge in [-0.25, -0.2) is 0 Å². The maximum absolute atomic E-state index is 11.4. The first kappa shape index (κ1) is 16.8. The van der Waals surface area contributed by atoms with Crippen molar-refractivity contribution in [1.29, 1.82) is 0 Å². The monoisotopic (exact) mass is 330 g/mol. The third-order valence-electron chi connectivity index (χ3n) is 4.98. The van der Waals surface area contributed by atoms with E-state index in [9.17, 15) is 9.90 Å². The summed E-state index contributed by atoms with van der Waals surface area (Å²) in [4.78, 5) is 19.0. The number of unbranched alkanes of at least 4 members (excludes halogenated alkanes) is 1. The Balaban J connectivity index is 1.63. The molecule has 0 aromatic heterocycles. The maximum atomic E-state index is 11.4. The standard InChI is InChI=1S/C19H26N2O3/c1-2-3-4-14-9-11-21(12-10-14)13-16-6-5-15-7-8-17(22)20-24-19(15)18(16)23/h5-8,14,23H,2-4,9-13H2,1H3,(H,20,22). The number of nitrogens with one attached hydrogen (secondary N) is 1. The molecule has 2 aliphatic rings. The Bertz CT molecular complexity index is 619. The van der Waals surface area contributed by atoms with E-state index in [1.807, 2.05) is 12.1 Å². The summed E-state index contributed by atoms with van der Waals surface area (Å²) in [5.41, 5.74) is 3.84. The van der Waals surface area contributed by atoms with Crippen molar-refractivity contribution >= 4 is 12.0 Å². The van der Waals surface area contributed by atoms with Gasteiger partial charge in [-0.2, -0.15) is 5.48 Å². The lowest BCUT2D eigenvalue weighted by Gasteiger charge is -2.32. The molecule has 3 rings (SSSR count). The average molecular weight is 330 g/mol. The summed E-state index contributed by atoms with van der Waals surface area (Å²) in [5, 5.41) is 10.5. The van der Waals surface area contributed by atoms with Gasteiger partial charge in [-0.3, -0.25) is 9.69 Å². The number of aromatic hydroxyl groups is 1. The minimum absolute atomic E-state index is 0.118. The average Bonchev–Trinajstić information content (AvgIpc) is 2.79. The van der Waals surface area contributed by atoms with Gasteiger partial charge in [0.2, 0.25) is 5.75 Å². The van der Waals surface area contributed by atoms with Crippen LogP contribution in [-0.4, -0.2) is 29.0 Å². The molecule has 24 heavy (non-hydrogen) atoms. The Morgan fingerprint density at radius 2 is 2.08 bits per heavy atom. The number of piperidine rings is 1. The zero-order chi connectivity index (χ0) is 16.9. The van der Waals surface area contributed by atoms with E-state index in [1.54, 1.807) is 6.08 Å². The molecular formula is C19H26N2O3. The topological polar surface area (TPSA) is 61.8 Å². The molecule has 0 spiro atoms. The molecule has 1 fully saturated rings. The number of amides is 1. The number of hydroxylamine groups is 1. The second kappa shape index (κ2) is 7.71. The summed E-state index contributed by atoms with van der Waals surface area (Å²) in [6.45, 7) is 5.10. The van der Waals surface area contributed by atoms with E-state index in [0.717, 1.165) is 24.6 Å². The fourth-order valence-corrected chi connectivity index (χ4v) is 3.46. The van der Waals surface area contributed by atoms with E-state index in [2.05, 4.69) is 17.3 Å².